The first kappa shape index (κ1) is 20.9. The van der Waals surface area contributed by atoms with Crippen molar-refractivity contribution in [2.75, 3.05) is 5.32 Å². The smallest absolute Gasteiger partial charge is 0.323 e. The van der Waals surface area contributed by atoms with Crippen molar-refractivity contribution in [3.8, 4) is 0 Å². The molecule has 160 valence electrons. The van der Waals surface area contributed by atoms with E-state index in [0.717, 1.165) is 18.2 Å². The number of carbonyl (C=O) groups excluding carboxylic acids is 1. The van der Waals surface area contributed by atoms with E-state index in [1.807, 2.05) is 0 Å². The highest BCUT2D eigenvalue weighted by molar-refractivity contribution is 6.33. The molecule has 0 saturated heterocycles. The summed E-state index contributed by atoms with van der Waals surface area (Å²) < 4.78 is 42.4. The lowest BCUT2D eigenvalue weighted by atomic mass is 10.2. The van der Waals surface area contributed by atoms with Crippen LogP contribution in [0.1, 0.15) is 24.2 Å². The number of nitrogens with one attached hydrogen (secondary N) is 1. The summed E-state index contributed by atoms with van der Waals surface area (Å²) in [6, 6.07) is 10.3. The Morgan fingerprint density at radius 2 is 1.87 bits per heavy atom. The minimum absolute atomic E-state index is 0.0164. The number of hydrogen-bond donors (Lipinski definition) is 1. The molecule has 1 N–H and O–H groups in total. The summed E-state index contributed by atoms with van der Waals surface area (Å²) >= 11 is 6.01. The standard InChI is InChI=1S/C21H16ClF3N4O2/c1-11-9-18(30)27-19-14-5-3-4-6-17(14)29(28(11)19)12(2)20(31)26-16-10-13(21(23,24)25)7-8-15(16)22/h3-10,12H,1-2H3,(H,26,31)/t12-/m0/s1. The summed E-state index contributed by atoms with van der Waals surface area (Å²) in [6.07, 6.45) is -4.57. The quantitative estimate of drug-likeness (QED) is 0.488. The van der Waals surface area contributed by atoms with Crippen molar-refractivity contribution in [1.82, 2.24) is 14.2 Å². The summed E-state index contributed by atoms with van der Waals surface area (Å²) in [4.78, 5) is 29.0. The highest BCUT2D eigenvalue weighted by Crippen LogP contribution is 2.34. The first-order chi connectivity index (χ1) is 14.6. The fourth-order valence-corrected chi connectivity index (χ4v) is 3.70. The van der Waals surface area contributed by atoms with Crippen LogP contribution in [0.2, 0.25) is 5.02 Å². The van der Waals surface area contributed by atoms with Gasteiger partial charge in [0.25, 0.3) is 5.56 Å². The predicted molar refractivity (Wildman–Crippen MR) is 111 cm³/mol. The van der Waals surface area contributed by atoms with Gasteiger partial charge in [-0.2, -0.15) is 18.2 Å². The Morgan fingerprint density at radius 1 is 1.16 bits per heavy atom. The summed E-state index contributed by atoms with van der Waals surface area (Å²) in [6.45, 7) is 3.31. The zero-order chi connectivity index (χ0) is 22.5. The van der Waals surface area contributed by atoms with Crippen LogP contribution >= 0.6 is 11.6 Å². The number of alkyl halides is 3. The van der Waals surface area contributed by atoms with Gasteiger partial charge in [-0.3, -0.25) is 14.3 Å². The largest absolute Gasteiger partial charge is 0.416 e. The molecule has 4 aromatic rings. The van der Waals surface area contributed by atoms with Crippen LogP contribution in [0, 0.1) is 6.92 Å². The van der Waals surface area contributed by atoms with Crippen molar-refractivity contribution in [3.63, 3.8) is 0 Å². The normalized spacial score (nSPS) is 13.0. The average molecular weight is 449 g/mol. The molecule has 2 heterocycles. The van der Waals surface area contributed by atoms with Crippen molar-refractivity contribution in [3.05, 3.63) is 75.2 Å². The molecule has 0 fully saturated rings. The van der Waals surface area contributed by atoms with Crippen molar-refractivity contribution < 1.29 is 18.0 Å². The van der Waals surface area contributed by atoms with Gasteiger partial charge < -0.3 is 5.32 Å². The maximum atomic E-state index is 13.0. The number of nitrogens with zero attached hydrogens (tertiary/aromatic N) is 3. The maximum absolute atomic E-state index is 13.0. The van der Waals surface area contributed by atoms with Crippen LogP contribution < -0.4 is 10.9 Å². The van der Waals surface area contributed by atoms with Crippen LogP contribution in [0.15, 0.2) is 53.3 Å². The Bertz CT molecular complexity index is 1390. The van der Waals surface area contributed by atoms with E-state index in [9.17, 15) is 22.8 Å². The van der Waals surface area contributed by atoms with E-state index in [1.165, 1.54) is 6.07 Å². The summed E-state index contributed by atoms with van der Waals surface area (Å²) in [7, 11) is 0. The third-order valence-electron chi connectivity index (χ3n) is 4.99. The number of para-hydroxylation sites is 1. The molecule has 0 unspecified atom stereocenters. The van der Waals surface area contributed by atoms with Gasteiger partial charge in [-0.1, -0.05) is 23.7 Å². The fourth-order valence-electron chi connectivity index (χ4n) is 3.53. The lowest BCUT2D eigenvalue weighted by Gasteiger charge is -2.19. The third kappa shape index (κ3) is 3.65. The zero-order valence-electron chi connectivity index (χ0n) is 16.4. The molecule has 0 bridgehead atoms. The topological polar surface area (TPSA) is 68.4 Å². The molecule has 2 aromatic carbocycles. The number of amides is 1. The maximum Gasteiger partial charge on any atom is 0.416 e. The van der Waals surface area contributed by atoms with Crippen molar-refractivity contribution in [2.45, 2.75) is 26.1 Å². The Kier molecular flexibility index (Phi) is 5.01. The van der Waals surface area contributed by atoms with E-state index in [4.69, 9.17) is 11.6 Å². The fraction of sp³-hybridized carbons (Fsp3) is 0.190. The summed E-state index contributed by atoms with van der Waals surface area (Å²) in [5.41, 5.74) is 0.111. The van der Waals surface area contributed by atoms with Crippen LogP contribution in [0.25, 0.3) is 16.6 Å². The predicted octanol–water partition coefficient (Wildman–Crippen LogP) is 4.83. The monoisotopic (exact) mass is 448 g/mol. The SMILES string of the molecule is Cc1cc(=O)nc2c3ccccc3n([C@@H](C)C(=O)Nc3cc(C(F)(F)F)ccc3Cl)n12. The molecule has 4 rings (SSSR count). The van der Waals surface area contributed by atoms with Gasteiger partial charge in [-0.15, -0.1) is 0 Å². The molecule has 1 amide bonds. The number of halogens is 4. The van der Waals surface area contributed by atoms with Gasteiger partial charge in [0, 0.05) is 17.1 Å². The highest BCUT2D eigenvalue weighted by Gasteiger charge is 2.31. The molecule has 6 nitrogen and oxygen atoms in total. The van der Waals surface area contributed by atoms with Gasteiger partial charge in [0.15, 0.2) is 5.65 Å². The molecule has 1 atom stereocenters. The molecule has 0 saturated carbocycles. The zero-order valence-corrected chi connectivity index (χ0v) is 17.1. The number of rotatable bonds is 3. The number of anilines is 1. The molecule has 0 aliphatic carbocycles. The third-order valence-corrected chi connectivity index (χ3v) is 5.32. The van der Waals surface area contributed by atoms with Gasteiger partial charge in [-0.05, 0) is 44.2 Å². The molecule has 31 heavy (non-hydrogen) atoms. The van der Waals surface area contributed by atoms with Crippen molar-refractivity contribution >= 4 is 39.7 Å². The Hall–Kier alpha value is -3.33. The number of aromatic nitrogens is 3. The lowest BCUT2D eigenvalue weighted by molar-refractivity contribution is -0.137. The van der Waals surface area contributed by atoms with E-state index < -0.39 is 29.2 Å². The minimum Gasteiger partial charge on any atom is -0.323 e. The number of fused-ring (bicyclic) bond motifs is 3. The van der Waals surface area contributed by atoms with Gasteiger partial charge in [0.05, 0.1) is 21.8 Å². The first-order valence-electron chi connectivity index (χ1n) is 9.25. The number of hydrogen-bond acceptors (Lipinski definition) is 3. The molecular formula is C21H16ClF3N4O2. The molecule has 10 heteroatoms. The second-order valence-corrected chi connectivity index (χ2v) is 7.50. The van der Waals surface area contributed by atoms with E-state index in [-0.39, 0.29) is 10.7 Å². The van der Waals surface area contributed by atoms with E-state index in [0.29, 0.717) is 22.2 Å². The van der Waals surface area contributed by atoms with Gasteiger partial charge in [0.1, 0.15) is 6.04 Å². The van der Waals surface area contributed by atoms with Crippen LogP contribution in [0.4, 0.5) is 18.9 Å². The number of carbonyl (C=O) groups is 1. The second kappa shape index (κ2) is 7.42. The van der Waals surface area contributed by atoms with Gasteiger partial charge in [-0.25, -0.2) is 4.52 Å². The van der Waals surface area contributed by atoms with Crippen LogP contribution in [0.3, 0.4) is 0 Å². The van der Waals surface area contributed by atoms with Crippen molar-refractivity contribution in [2.24, 2.45) is 0 Å². The van der Waals surface area contributed by atoms with Crippen LogP contribution in [0.5, 0.6) is 0 Å². The van der Waals surface area contributed by atoms with E-state index in [1.54, 1.807) is 47.3 Å². The van der Waals surface area contributed by atoms with Gasteiger partial charge in [0.2, 0.25) is 5.91 Å². The summed E-state index contributed by atoms with van der Waals surface area (Å²) in [5, 5.41) is 3.13. The average Bonchev–Trinajstić information content (AvgIpc) is 3.03. The second-order valence-electron chi connectivity index (χ2n) is 7.09. The molecular weight excluding hydrogens is 433 g/mol. The Balaban J connectivity index is 1.81. The molecule has 0 spiro atoms. The molecule has 2 aromatic heterocycles. The highest BCUT2D eigenvalue weighted by atomic mass is 35.5. The van der Waals surface area contributed by atoms with Crippen LogP contribution in [-0.2, 0) is 11.0 Å². The Morgan fingerprint density at radius 3 is 2.58 bits per heavy atom. The Labute approximate surface area is 178 Å². The number of benzene rings is 2. The summed E-state index contributed by atoms with van der Waals surface area (Å²) in [5.74, 6) is -0.582. The van der Waals surface area contributed by atoms with E-state index >= 15 is 0 Å². The van der Waals surface area contributed by atoms with E-state index in [2.05, 4.69) is 10.3 Å². The number of aryl methyl sites for hydroxylation is 1. The molecule has 0 radical (unpaired) electrons. The molecule has 0 aliphatic heterocycles. The van der Waals surface area contributed by atoms with Crippen LogP contribution in [-0.4, -0.2) is 20.1 Å². The first-order valence-corrected chi connectivity index (χ1v) is 9.63. The van der Waals surface area contributed by atoms with Crippen molar-refractivity contribution in [1.29, 1.82) is 0 Å². The lowest BCUT2D eigenvalue weighted by Crippen LogP contribution is -2.27. The van der Waals surface area contributed by atoms with Gasteiger partial charge >= 0.3 is 6.18 Å². The minimum atomic E-state index is -4.57. The molecule has 0 aliphatic rings.